The minimum absolute atomic E-state index is 0.00651. The third-order valence-corrected chi connectivity index (χ3v) is 8.91. The lowest BCUT2D eigenvalue weighted by Gasteiger charge is -2.30. The van der Waals surface area contributed by atoms with Crippen molar-refractivity contribution in [3.8, 4) is 5.75 Å². The van der Waals surface area contributed by atoms with E-state index in [0.29, 0.717) is 48.8 Å². The van der Waals surface area contributed by atoms with Gasteiger partial charge < -0.3 is 14.2 Å². The van der Waals surface area contributed by atoms with E-state index in [1.807, 2.05) is 52.2 Å². The standard InChI is InChI=1S/C33H40Cl2FNO5S/c1-7-9-30(41-22(2)23-11-13-24(34)14-12-23)29-19-33(43-6,21-37(29)31(39)42-32(3,4)5)17-8-10-25(38)20-40-26-15-16-27(35)28(36)18-26/h9,11-16,18,29H,2,7-8,10,17,19-21H2,1,3-6H3/b30-9-/t29-,33+/m1/s1. The summed E-state index contributed by atoms with van der Waals surface area (Å²) < 4.78 is 31.0. The first kappa shape index (κ1) is 34.8. The van der Waals surface area contributed by atoms with Crippen LogP contribution in [0.25, 0.3) is 5.76 Å². The molecule has 0 aromatic heterocycles. The zero-order chi connectivity index (χ0) is 31.8. The van der Waals surface area contributed by atoms with E-state index in [1.54, 1.807) is 28.8 Å². The third-order valence-electron chi connectivity index (χ3n) is 6.98. The molecule has 0 aliphatic carbocycles. The summed E-state index contributed by atoms with van der Waals surface area (Å²) >= 11 is 13.4. The highest BCUT2D eigenvalue weighted by Crippen LogP contribution is 2.44. The van der Waals surface area contributed by atoms with Gasteiger partial charge in [-0.15, -0.1) is 0 Å². The van der Waals surface area contributed by atoms with Crippen LogP contribution in [0.5, 0.6) is 5.75 Å². The van der Waals surface area contributed by atoms with Crippen LogP contribution < -0.4 is 4.74 Å². The number of ketones is 1. The molecule has 1 fully saturated rings. The fourth-order valence-corrected chi connectivity index (χ4v) is 6.02. The van der Waals surface area contributed by atoms with E-state index >= 15 is 0 Å². The average Bonchev–Trinajstić information content (AvgIpc) is 3.33. The van der Waals surface area contributed by atoms with Crippen molar-refractivity contribution in [2.75, 3.05) is 19.4 Å². The second-order valence-electron chi connectivity index (χ2n) is 11.5. The number of allylic oxidation sites excluding steroid dienone is 1. The van der Waals surface area contributed by atoms with Gasteiger partial charge >= 0.3 is 6.09 Å². The van der Waals surface area contributed by atoms with Crippen LogP contribution in [0, 0.1) is 5.82 Å². The lowest BCUT2D eigenvalue weighted by atomic mass is 9.96. The van der Waals surface area contributed by atoms with Gasteiger partial charge in [0, 0.05) is 34.4 Å². The smallest absolute Gasteiger partial charge is 0.410 e. The summed E-state index contributed by atoms with van der Waals surface area (Å²) in [6, 6.07) is 10.9. The molecule has 10 heteroatoms. The number of nitrogens with zero attached hydrogens (tertiary/aromatic N) is 1. The molecular formula is C33H40Cl2FNO5S. The SMILES string of the molecule is C=C(O/C(=C\CC)[C@H]1C[C@](CCCC(=O)COc2ccc(Cl)c(F)c2)(SC)CN1C(=O)OC(C)(C)C)c1ccc(Cl)cc1. The number of ether oxygens (including phenoxy) is 3. The summed E-state index contributed by atoms with van der Waals surface area (Å²) in [7, 11) is 0. The van der Waals surface area contributed by atoms with Gasteiger partial charge in [0.1, 0.15) is 35.3 Å². The molecule has 43 heavy (non-hydrogen) atoms. The Balaban J connectivity index is 1.73. The number of thioether (sulfide) groups is 1. The van der Waals surface area contributed by atoms with Gasteiger partial charge in [-0.2, -0.15) is 11.8 Å². The Morgan fingerprint density at radius 1 is 1.19 bits per heavy atom. The Labute approximate surface area is 268 Å². The molecule has 0 bridgehead atoms. The first-order valence-corrected chi connectivity index (χ1v) is 16.2. The zero-order valence-corrected chi connectivity index (χ0v) is 27.7. The maximum Gasteiger partial charge on any atom is 0.410 e. The van der Waals surface area contributed by atoms with E-state index in [0.717, 1.165) is 11.6 Å². The fourth-order valence-electron chi connectivity index (χ4n) is 4.84. The number of Topliss-reactive ketones (excluding diaryl/α,β-unsaturated/α-hetero) is 1. The molecule has 0 unspecified atom stereocenters. The first-order chi connectivity index (χ1) is 20.3. The number of likely N-dealkylation sites (tertiary alicyclic amines) is 1. The van der Waals surface area contributed by atoms with E-state index in [4.69, 9.17) is 37.4 Å². The number of benzene rings is 2. The van der Waals surface area contributed by atoms with Crippen molar-refractivity contribution >= 4 is 52.6 Å². The van der Waals surface area contributed by atoms with Gasteiger partial charge in [-0.05, 0) is 95.2 Å². The Kier molecular flexibility index (Phi) is 12.4. The van der Waals surface area contributed by atoms with Crippen molar-refractivity contribution in [3.63, 3.8) is 0 Å². The molecule has 2 atom stereocenters. The highest BCUT2D eigenvalue weighted by atomic mass is 35.5. The Hall–Kier alpha value is -2.68. The maximum absolute atomic E-state index is 13.7. The summed E-state index contributed by atoms with van der Waals surface area (Å²) in [4.78, 5) is 27.8. The predicted octanol–water partition coefficient (Wildman–Crippen LogP) is 9.34. The Morgan fingerprint density at radius 3 is 2.49 bits per heavy atom. The number of amides is 1. The lowest BCUT2D eigenvalue weighted by Crippen LogP contribution is -2.42. The highest BCUT2D eigenvalue weighted by molar-refractivity contribution is 8.00. The van der Waals surface area contributed by atoms with Gasteiger partial charge in [0.05, 0.1) is 11.1 Å². The fraction of sp³-hybridized carbons (Fsp3) is 0.455. The van der Waals surface area contributed by atoms with Crippen LogP contribution in [0.3, 0.4) is 0 Å². The van der Waals surface area contributed by atoms with Crippen molar-refractivity contribution in [1.29, 1.82) is 0 Å². The van der Waals surface area contributed by atoms with E-state index in [9.17, 15) is 14.0 Å². The first-order valence-electron chi connectivity index (χ1n) is 14.2. The lowest BCUT2D eigenvalue weighted by molar-refractivity contribution is -0.121. The zero-order valence-electron chi connectivity index (χ0n) is 25.4. The molecule has 2 aromatic carbocycles. The Bertz CT molecular complexity index is 1330. The van der Waals surface area contributed by atoms with Crippen LogP contribution in [0.15, 0.2) is 60.9 Å². The molecule has 0 radical (unpaired) electrons. The van der Waals surface area contributed by atoms with Gasteiger partial charge in [-0.1, -0.05) is 36.7 Å². The van der Waals surface area contributed by atoms with Gasteiger partial charge in [-0.25, -0.2) is 9.18 Å². The molecule has 3 rings (SSSR count). The Morgan fingerprint density at radius 2 is 1.88 bits per heavy atom. The number of halogens is 3. The molecule has 1 aliphatic rings. The molecule has 1 heterocycles. The minimum atomic E-state index is -0.673. The molecule has 1 saturated heterocycles. The minimum Gasteiger partial charge on any atom is -0.486 e. The molecule has 234 valence electrons. The number of hydrogen-bond acceptors (Lipinski definition) is 6. The number of rotatable bonds is 13. The highest BCUT2D eigenvalue weighted by Gasteiger charge is 2.48. The summed E-state index contributed by atoms with van der Waals surface area (Å²) in [5.74, 6) is 0.630. The van der Waals surface area contributed by atoms with Crippen molar-refractivity contribution < 1.29 is 28.2 Å². The summed E-state index contributed by atoms with van der Waals surface area (Å²) in [5.41, 5.74) is 0.111. The van der Waals surface area contributed by atoms with Crippen LogP contribution in [-0.2, 0) is 14.3 Å². The molecule has 1 amide bonds. The largest absolute Gasteiger partial charge is 0.486 e. The summed E-state index contributed by atoms with van der Waals surface area (Å²) in [5, 5.41) is 0.606. The van der Waals surface area contributed by atoms with Gasteiger partial charge in [0.15, 0.2) is 5.78 Å². The van der Waals surface area contributed by atoms with Crippen LogP contribution in [0.1, 0.15) is 65.4 Å². The van der Waals surface area contributed by atoms with Gasteiger partial charge in [0.25, 0.3) is 0 Å². The number of carbonyl (C=O) groups excluding carboxylic acids is 2. The molecule has 6 nitrogen and oxygen atoms in total. The average molecular weight is 653 g/mol. The summed E-state index contributed by atoms with van der Waals surface area (Å²) in [6.07, 6.45) is 6.45. The van der Waals surface area contributed by atoms with Gasteiger partial charge in [-0.3, -0.25) is 9.69 Å². The van der Waals surface area contributed by atoms with Crippen molar-refractivity contribution in [2.24, 2.45) is 0 Å². The van der Waals surface area contributed by atoms with E-state index in [1.165, 1.54) is 12.1 Å². The number of carbonyl (C=O) groups is 2. The third kappa shape index (κ3) is 10.2. The van der Waals surface area contributed by atoms with E-state index in [-0.39, 0.29) is 40.4 Å². The molecule has 0 saturated carbocycles. The van der Waals surface area contributed by atoms with Crippen molar-refractivity contribution in [2.45, 2.75) is 76.2 Å². The van der Waals surface area contributed by atoms with Crippen molar-refractivity contribution in [3.05, 3.63) is 82.3 Å². The van der Waals surface area contributed by atoms with Gasteiger partial charge in [0.2, 0.25) is 0 Å². The molecule has 0 N–H and O–H groups in total. The second kappa shape index (κ2) is 15.4. The predicted molar refractivity (Wildman–Crippen MR) is 173 cm³/mol. The normalized spacial score (nSPS) is 18.8. The van der Waals surface area contributed by atoms with E-state index < -0.39 is 17.5 Å². The van der Waals surface area contributed by atoms with Crippen LogP contribution in [0.2, 0.25) is 10.0 Å². The quantitative estimate of drug-likeness (QED) is 0.201. The van der Waals surface area contributed by atoms with Crippen LogP contribution >= 0.6 is 35.0 Å². The maximum atomic E-state index is 13.7. The second-order valence-corrected chi connectivity index (χ2v) is 13.6. The van der Waals surface area contributed by atoms with E-state index in [2.05, 4.69) is 6.58 Å². The molecular weight excluding hydrogens is 612 g/mol. The molecule has 0 spiro atoms. The summed E-state index contributed by atoms with van der Waals surface area (Å²) in [6.45, 7) is 11.9. The van der Waals surface area contributed by atoms with Crippen LogP contribution in [-0.4, -0.2) is 52.6 Å². The number of hydrogen-bond donors (Lipinski definition) is 0. The molecule has 1 aliphatic heterocycles. The van der Waals surface area contributed by atoms with Crippen LogP contribution in [0.4, 0.5) is 9.18 Å². The monoisotopic (exact) mass is 651 g/mol. The molecule has 2 aromatic rings. The topological polar surface area (TPSA) is 65.1 Å². The van der Waals surface area contributed by atoms with Crippen molar-refractivity contribution in [1.82, 2.24) is 4.90 Å².